The molecule has 0 radical (unpaired) electrons. The topological polar surface area (TPSA) is 49.3 Å². The van der Waals surface area contributed by atoms with Crippen LogP contribution < -0.4 is 4.74 Å². The first-order chi connectivity index (χ1) is 13.7. The van der Waals surface area contributed by atoms with Gasteiger partial charge in [0.2, 0.25) is 4.77 Å². The molecule has 1 aliphatic heterocycles. The third-order valence-corrected chi connectivity index (χ3v) is 5.41. The fourth-order valence-electron chi connectivity index (χ4n) is 3.46. The number of aromatic amines is 1. The first-order valence-corrected chi connectivity index (χ1v) is 9.92. The van der Waals surface area contributed by atoms with Crippen LogP contribution in [0.4, 0.5) is 0 Å². The second-order valence-corrected chi connectivity index (χ2v) is 7.40. The summed E-state index contributed by atoms with van der Waals surface area (Å²) in [4.78, 5) is 9.40. The normalized spacial score (nSPS) is 15.6. The van der Waals surface area contributed by atoms with Crippen molar-refractivity contribution in [3.8, 4) is 17.1 Å². The highest BCUT2D eigenvalue weighted by molar-refractivity contribution is 7.71. The van der Waals surface area contributed by atoms with Crippen LogP contribution in [0.15, 0.2) is 54.6 Å². The maximum Gasteiger partial charge on any atom is 0.217 e. The summed E-state index contributed by atoms with van der Waals surface area (Å²) in [5.41, 5.74) is 2.37. The number of nitrogens with one attached hydrogen (secondary N) is 1. The highest BCUT2D eigenvalue weighted by atomic mass is 32.1. The van der Waals surface area contributed by atoms with Crippen molar-refractivity contribution in [2.75, 3.05) is 33.3 Å². The van der Waals surface area contributed by atoms with Crippen molar-refractivity contribution in [1.82, 2.24) is 24.6 Å². The molecule has 1 N–H and O–H groups in total. The van der Waals surface area contributed by atoms with Crippen LogP contribution in [0.25, 0.3) is 11.4 Å². The lowest BCUT2D eigenvalue weighted by atomic mass is 10.2. The Morgan fingerprint density at radius 2 is 1.64 bits per heavy atom. The Morgan fingerprint density at radius 3 is 2.32 bits per heavy atom. The summed E-state index contributed by atoms with van der Waals surface area (Å²) in [7, 11) is 1.70. The first-order valence-electron chi connectivity index (χ1n) is 9.51. The number of hydrogen-bond donors (Lipinski definition) is 1. The van der Waals surface area contributed by atoms with E-state index in [0.29, 0.717) is 4.77 Å². The minimum absolute atomic E-state index is 0.597. The van der Waals surface area contributed by atoms with Crippen molar-refractivity contribution in [1.29, 1.82) is 0 Å². The SMILES string of the molecule is COc1ccc(CN2CCN(Cn3[nH]c(-c4ccccc4)nc3=S)CC2)cc1. The van der Waals surface area contributed by atoms with E-state index in [4.69, 9.17) is 17.0 Å². The molecule has 2 aromatic carbocycles. The van der Waals surface area contributed by atoms with Gasteiger partial charge in [0.15, 0.2) is 5.82 Å². The summed E-state index contributed by atoms with van der Waals surface area (Å²) < 4.78 is 7.78. The molecule has 0 saturated carbocycles. The van der Waals surface area contributed by atoms with E-state index in [0.717, 1.165) is 56.5 Å². The molecule has 4 rings (SSSR count). The van der Waals surface area contributed by atoms with Crippen LogP contribution in [-0.4, -0.2) is 57.9 Å². The molecule has 1 aromatic heterocycles. The lowest BCUT2D eigenvalue weighted by Crippen LogP contribution is -2.46. The van der Waals surface area contributed by atoms with Gasteiger partial charge >= 0.3 is 0 Å². The quantitative estimate of drug-likeness (QED) is 0.649. The highest BCUT2D eigenvalue weighted by Gasteiger charge is 2.18. The van der Waals surface area contributed by atoms with Gasteiger partial charge in [-0.05, 0) is 29.9 Å². The monoisotopic (exact) mass is 395 g/mol. The van der Waals surface area contributed by atoms with E-state index in [9.17, 15) is 0 Å². The highest BCUT2D eigenvalue weighted by Crippen LogP contribution is 2.16. The van der Waals surface area contributed by atoms with E-state index in [-0.39, 0.29) is 0 Å². The van der Waals surface area contributed by atoms with Crippen LogP contribution in [0.1, 0.15) is 5.56 Å². The van der Waals surface area contributed by atoms with Gasteiger partial charge in [-0.25, -0.2) is 4.68 Å². The van der Waals surface area contributed by atoms with Crippen LogP contribution in [0.2, 0.25) is 0 Å². The zero-order valence-corrected chi connectivity index (χ0v) is 16.9. The molecule has 1 aliphatic rings. The minimum atomic E-state index is 0.597. The molecule has 0 bridgehead atoms. The molecule has 0 aliphatic carbocycles. The van der Waals surface area contributed by atoms with Crippen molar-refractivity contribution in [2.45, 2.75) is 13.2 Å². The molecular formula is C21H25N5OS. The molecule has 0 spiro atoms. The van der Waals surface area contributed by atoms with Crippen LogP contribution in [0.5, 0.6) is 5.75 Å². The van der Waals surface area contributed by atoms with Crippen molar-refractivity contribution in [2.24, 2.45) is 0 Å². The Morgan fingerprint density at radius 1 is 0.964 bits per heavy atom. The molecule has 7 heteroatoms. The van der Waals surface area contributed by atoms with E-state index < -0.39 is 0 Å². The maximum atomic E-state index is 5.44. The molecule has 146 valence electrons. The number of hydrogen-bond acceptors (Lipinski definition) is 5. The van der Waals surface area contributed by atoms with Crippen molar-refractivity contribution >= 4 is 12.2 Å². The molecule has 1 saturated heterocycles. The number of aromatic nitrogens is 3. The number of methoxy groups -OCH3 is 1. The smallest absolute Gasteiger partial charge is 0.217 e. The summed E-state index contributed by atoms with van der Waals surface area (Å²) in [6.45, 7) is 5.82. The van der Waals surface area contributed by atoms with Crippen LogP contribution in [-0.2, 0) is 13.2 Å². The first kappa shape index (κ1) is 18.9. The molecule has 0 unspecified atom stereocenters. The zero-order chi connectivity index (χ0) is 19.3. The Kier molecular flexibility index (Phi) is 5.85. The van der Waals surface area contributed by atoms with Gasteiger partial charge in [0.1, 0.15) is 5.75 Å². The zero-order valence-electron chi connectivity index (χ0n) is 16.0. The molecule has 6 nitrogen and oxygen atoms in total. The fraction of sp³-hybridized carbons (Fsp3) is 0.333. The number of benzene rings is 2. The van der Waals surface area contributed by atoms with E-state index in [2.05, 4.69) is 32.0 Å². The van der Waals surface area contributed by atoms with Crippen molar-refractivity contribution in [3.05, 3.63) is 64.9 Å². The van der Waals surface area contributed by atoms with Gasteiger partial charge in [-0.15, -0.1) is 0 Å². The largest absolute Gasteiger partial charge is 0.497 e. The summed E-state index contributed by atoms with van der Waals surface area (Å²) in [5, 5.41) is 3.34. The lowest BCUT2D eigenvalue weighted by Gasteiger charge is -2.34. The minimum Gasteiger partial charge on any atom is -0.497 e. The van der Waals surface area contributed by atoms with Gasteiger partial charge in [0.25, 0.3) is 0 Å². The molecule has 3 aromatic rings. The molecule has 1 fully saturated rings. The summed E-state index contributed by atoms with van der Waals surface area (Å²) in [5.74, 6) is 1.73. The van der Waals surface area contributed by atoms with E-state index >= 15 is 0 Å². The van der Waals surface area contributed by atoms with E-state index in [1.165, 1.54) is 5.56 Å². The Bertz CT molecular complexity index is 943. The number of piperazine rings is 1. The van der Waals surface area contributed by atoms with Crippen LogP contribution in [0.3, 0.4) is 0 Å². The summed E-state index contributed by atoms with van der Waals surface area (Å²) in [6.07, 6.45) is 0. The third-order valence-electron chi connectivity index (χ3n) is 5.10. The number of H-pyrrole nitrogens is 1. The lowest BCUT2D eigenvalue weighted by molar-refractivity contribution is 0.0982. The van der Waals surface area contributed by atoms with Gasteiger partial charge in [0.05, 0.1) is 13.8 Å². The van der Waals surface area contributed by atoms with Gasteiger partial charge in [-0.3, -0.25) is 14.9 Å². The van der Waals surface area contributed by atoms with Crippen LogP contribution in [0, 0.1) is 4.77 Å². The second-order valence-electron chi connectivity index (χ2n) is 7.03. The summed E-state index contributed by atoms with van der Waals surface area (Å²) >= 11 is 5.44. The van der Waals surface area contributed by atoms with E-state index in [1.807, 2.05) is 47.1 Å². The van der Waals surface area contributed by atoms with Gasteiger partial charge < -0.3 is 4.74 Å². The molecule has 0 amide bonds. The van der Waals surface area contributed by atoms with Gasteiger partial charge in [0, 0.05) is 38.3 Å². The molecule has 0 atom stereocenters. The molecule has 2 heterocycles. The van der Waals surface area contributed by atoms with Gasteiger partial charge in [-0.2, -0.15) is 4.98 Å². The van der Waals surface area contributed by atoms with Crippen molar-refractivity contribution in [3.63, 3.8) is 0 Å². The second kappa shape index (κ2) is 8.68. The Balaban J connectivity index is 1.32. The van der Waals surface area contributed by atoms with Crippen LogP contribution >= 0.6 is 12.2 Å². The molecule has 28 heavy (non-hydrogen) atoms. The molecular weight excluding hydrogens is 370 g/mol. The summed E-state index contributed by atoms with van der Waals surface area (Å²) in [6, 6.07) is 18.4. The van der Waals surface area contributed by atoms with Crippen molar-refractivity contribution < 1.29 is 4.74 Å². The predicted molar refractivity (Wildman–Crippen MR) is 113 cm³/mol. The number of rotatable bonds is 6. The predicted octanol–water partition coefficient (Wildman–Crippen LogP) is 3.39. The maximum absolute atomic E-state index is 5.44. The third kappa shape index (κ3) is 4.49. The average molecular weight is 396 g/mol. The standard InChI is InChI=1S/C21H25N5OS/c1-27-19-9-7-17(8-10-19)15-24-11-13-25(14-12-24)16-26-21(28)22-20(23-26)18-5-3-2-4-6-18/h2-10H,11-16H2,1H3,(H,22,23,28). The Hall–Kier alpha value is -2.48. The van der Waals surface area contributed by atoms with E-state index in [1.54, 1.807) is 7.11 Å². The fourth-order valence-corrected chi connectivity index (χ4v) is 3.65. The Labute approximate surface area is 170 Å². The van der Waals surface area contributed by atoms with Gasteiger partial charge in [-0.1, -0.05) is 42.5 Å². The number of ether oxygens (including phenoxy) is 1. The average Bonchev–Trinajstić information content (AvgIpc) is 3.11. The number of nitrogens with zero attached hydrogens (tertiary/aromatic N) is 4.